The van der Waals surface area contributed by atoms with Gasteiger partial charge in [0.15, 0.2) is 0 Å². The number of carbonyl (C=O) groups is 2. The molecule has 5 nitrogen and oxygen atoms in total. The van der Waals surface area contributed by atoms with Crippen molar-refractivity contribution in [1.82, 2.24) is 4.90 Å². The Morgan fingerprint density at radius 3 is 2.31 bits per heavy atom. The summed E-state index contributed by atoms with van der Waals surface area (Å²) in [7, 11) is 3.00. The monoisotopic (exact) mass is 230 g/mol. The molecular weight excluding hydrogens is 208 g/mol. The van der Waals surface area contributed by atoms with Crippen LogP contribution in [0.1, 0.15) is 20.8 Å². The summed E-state index contributed by atoms with van der Waals surface area (Å²) < 4.78 is 4.60. The van der Waals surface area contributed by atoms with Crippen LogP contribution >= 0.6 is 0 Å². The van der Waals surface area contributed by atoms with Gasteiger partial charge in [-0.05, 0) is 13.8 Å². The molecule has 16 heavy (non-hydrogen) atoms. The first kappa shape index (κ1) is 14.9. The normalized spacial score (nSPS) is 13.1. The Hall–Kier alpha value is -1.10. The molecule has 0 aromatic carbocycles. The Kier molecular flexibility index (Phi) is 5.44. The lowest BCUT2D eigenvalue weighted by Gasteiger charge is -2.29. The van der Waals surface area contributed by atoms with Gasteiger partial charge in [-0.15, -0.1) is 0 Å². The molecule has 1 atom stereocenters. The van der Waals surface area contributed by atoms with Crippen molar-refractivity contribution in [2.75, 3.05) is 27.2 Å². The summed E-state index contributed by atoms with van der Waals surface area (Å²) in [6, 6.07) is 0. The molecule has 94 valence electrons. The second-order valence-corrected chi connectivity index (χ2v) is 4.70. The number of ether oxygens (including phenoxy) is 1. The number of nitrogens with zero attached hydrogens (tertiary/aromatic N) is 1. The van der Waals surface area contributed by atoms with Crippen LogP contribution in [0.15, 0.2) is 0 Å². The van der Waals surface area contributed by atoms with E-state index < -0.39 is 5.41 Å². The van der Waals surface area contributed by atoms with Gasteiger partial charge in [-0.1, -0.05) is 6.92 Å². The third-order valence-corrected chi connectivity index (χ3v) is 2.59. The summed E-state index contributed by atoms with van der Waals surface area (Å²) in [6.07, 6.45) is 0. The van der Waals surface area contributed by atoms with Crippen LogP contribution in [-0.2, 0) is 14.3 Å². The first-order valence-corrected chi connectivity index (χ1v) is 5.29. The van der Waals surface area contributed by atoms with E-state index in [0.29, 0.717) is 6.54 Å². The molecular formula is C11H22N2O3. The van der Waals surface area contributed by atoms with Crippen LogP contribution in [0.2, 0.25) is 0 Å². The van der Waals surface area contributed by atoms with Crippen molar-refractivity contribution in [1.29, 1.82) is 0 Å². The molecule has 0 heterocycles. The molecule has 0 bridgehead atoms. The van der Waals surface area contributed by atoms with Crippen LogP contribution in [0, 0.1) is 11.3 Å². The summed E-state index contributed by atoms with van der Waals surface area (Å²) in [5, 5.41) is 0. The fraction of sp³-hybridized carbons (Fsp3) is 0.818. The SMILES string of the molecule is COC(=O)C(C)CN(C)C(=O)C(C)(C)CN. The molecule has 0 rings (SSSR count). The van der Waals surface area contributed by atoms with Crippen molar-refractivity contribution in [3.63, 3.8) is 0 Å². The smallest absolute Gasteiger partial charge is 0.310 e. The van der Waals surface area contributed by atoms with Gasteiger partial charge in [0.2, 0.25) is 5.91 Å². The minimum atomic E-state index is -0.593. The lowest BCUT2D eigenvalue weighted by molar-refractivity contribution is -0.147. The van der Waals surface area contributed by atoms with Gasteiger partial charge in [-0.25, -0.2) is 0 Å². The fourth-order valence-corrected chi connectivity index (χ4v) is 1.37. The molecule has 0 aliphatic carbocycles. The van der Waals surface area contributed by atoms with Gasteiger partial charge in [-0.3, -0.25) is 9.59 Å². The number of nitrogens with two attached hydrogens (primary N) is 1. The largest absolute Gasteiger partial charge is 0.469 e. The van der Waals surface area contributed by atoms with Crippen LogP contribution in [-0.4, -0.2) is 44.0 Å². The zero-order valence-corrected chi connectivity index (χ0v) is 10.7. The van der Waals surface area contributed by atoms with Crippen molar-refractivity contribution >= 4 is 11.9 Å². The van der Waals surface area contributed by atoms with Gasteiger partial charge in [0, 0.05) is 20.1 Å². The van der Waals surface area contributed by atoms with Crippen LogP contribution in [0.4, 0.5) is 0 Å². The van der Waals surface area contributed by atoms with E-state index in [1.54, 1.807) is 27.8 Å². The van der Waals surface area contributed by atoms with Crippen LogP contribution in [0.25, 0.3) is 0 Å². The third-order valence-electron chi connectivity index (χ3n) is 2.59. The average Bonchev–Trinajstić information content (AvgIpc) is 2.26. The summed E-state index contributed by atoms with van der Waals surface area (Å²) in [6.45, 7) is 5.92. The standard InChI is InChI=1S/C11H22N2O3/c1-8(9(14)16-5)6-13(4)10(15)11(2,3)7-12/h8H,6-7,12H2,1-5H3. The van der Waals surface area contributed by atoms with Crippen LogP contribution in [0.3, 0.4) is 0 Å². The molecule has 5 heteroatoms. The van der Waals surface area contributed by atoms with E-state index in [4.69, 9.17) is 5.73 Å². The molecule has 2 N–H and O–H groups in total. The second kappa shape index (κ2) is 5.84. The van der Waals surface area contributed by atoms with E-state index in [2.05, 4.69) is 4.74 Å². The number of rotatable bonds is 5. The van der Waals surface area contributed by atoms with Gasteiger partial charge >= 0.3 is 5.97 Å². The van der Waals surface area contributed by atoms with E-state index in [1.807, 2.05) is 0 Å². The second-order valence-electron chi connectivity index (χ2n) is 4.70. The van der Waals surface area contributed by atoms with Crippen LogP contribution < -0.4 is 5.73 Å². The zero-order chi connectivity index (χ0) is 12.9. The van der Waals surface area contributed by atoms with Crippen molar-refractivity contribution in [3.8, 4) is 0 Å². The average molecular weight is 230 g/mol. The Bertz CT molecular complexity index is 264. The van der Waals surface area contributed by atoms with Crippen molar-refractivity contribution < 1.29 is 14.3 Å². The van der Waals surface area contributed by atoms with E-state index in [9.17, 15) is 9.59 Å². The lowest BCUT2D eigenvalue weighted by Crippen LogP contribution is -2.45. The summed E-state index contributed by atoms with van der Waals surface area (Å²) in [5.74, 6) is -0.705. The van der Waals surface area contributed by atoms with Crippen molar-refractivity contribution in [2.45, 2.75) is 20.8 Å². The molecule has 0 aliphatic heterocycles. The molecule has 0 radical (unpaired) electrons. The van der Waals surface area contributed by atoms with E-state index in [-0.39, 0.29) is 24.3 Å². The maximum Gasteiger partial charge on any atom is 0.310 e. The molecule has 0 fully saturated rings. The zero-order valence-electron chi connectivity index (χ0n) is 10.7. The molecule has 0 saturated heterocycles. The number of carbonyl (C=O) groups excluding carboxylic acids is 2. The van der Waals surface area contributed by atoms with Crippen molar-refractivity contribution in [2.24, 2.45) is 17.1 Å². The Balaban J connectivity index is 4.42. The molecule has 1 unspecified atom stereocenters. The molecule has 0 aliphatic rings. The third kappa shape index (κ3) is 3.81. The van der Waals surface area contributed by atoms with E-state index >= 15 is 0 Å². The quantitative estimate of drug-likeness (QED) is 0.687. The number of hydrogen-bond donors (Lipinski definition) is 1. The number of esters is 1. The van der Waals surface area contributed by atoms with Gasteiger partial charge in [-0.2, -0.15) is 0 Å². The van der Waals surface area contributed by atoms with Crippen molar-refractivity contribution in [3.05, 3.63) is 0 Å². The van der Waals surface area contributed by atoms with Gasteiger partial charge < -0.3 is 15.4 Å². The van der Waals surface area contributed by atoms with E-state index in [1.165, 1.54) is 12.0 Å². The topological polar surface area (TPSA) is 72.6 Å². The Morgan fingerprint density at radius 2 is 1.94 bits per heavy atom. The van der Waals surface area contributed by atoms with Gasteiger partial charge in [0.05, 0.1) is 18.4 Å². The highest BCUT2D eigenvalue weighted by Crippen LogP contribution is 2.17. The molecule has 0 aromatic heterocycles. The minimum absolute atomic E-state index is 0.0641. The summed E-state index contributed by atoms with van der Waals surface area (Å²) in [4.78, 5) is 24.7. The molecule has 0 saturated carbocycles. The first-order chi connectivity index (χ1) is 7.26. The maximum absolute atomic E-state index is 11.9. The Labute approximate surface area is 96.9 Å². The maximum atomic E-state index is 11.9. The van der Waals surface area contributed by atoms with Gasteiger partial charge in [0.1, 0.15) is 0 Å². The number of methoxy groups -OCH3 is 1. The molecule has 1 amide bonds. The summed E-state index contributed by atoms with van der Waals surface area (Å²) >= 11 is 0. The van der Waals surface area contributed by atoms with E-state index in [0.717, 1.165) is 0 Å². The highest BCUT2D eigenvalue weighted by Gasteiger charge is 2.30. The summed E-state index contributed by atoms with van der Waals surface area (Å²) in [5.41, 5.74) is 4.93. The van der Waals surface area contributed by atoms with Crippen LogP contribution in [0.5, 0.6) is 0 Å². The first-order valence-electron chi connectivity index (χ1n) is 5.29. The Morgan fingerprint density at radius 1 is 1.44 bits per heavy atom. The number of hydrogen-bond acceptors (Lipinski definition) is 4. The number of amides is 1. The lowest BCUT2D eigenvalue weighted by atomic mass is 9.91. The minimum Gasteiger partial charge on any atom is -0.469 e. The fourth-order valence-electron chi connectivity index (χ4n) is 1.37. The molecule has 0 aromatic rings. The predicted molar refractivity (Wildman–Crippen MR) is 61.7 cm³/mol. The highest BCUT2D eigenvalue weighted by atomic mass is 16.5. The predicted octanol–water partition coefficient (Wildman–Crippen LogP) is 0.239. The highest BCUT2D eigenvalue weighted by molar-refractivity contribution is 5.82. The molecule has 0 spiro atoms. The van der Waals surface area contributed by atoms with Gasteiger partial charge in [0.25, 0.3) is 0 Å².